The van der Waals surface area contributed by atoms with Crippen LogP contribution in [0.3, 0.4) is 0 Å². The van der Waals surface area contributed by atoms with Crippen molar-refractivity contribution in [1.82, 2.24) is 10.3 Å². The number of carbonyl (C=O) groups excluding carboxylic acids is 3. The molecule has 200 valence electrons. The molecule has 0 fully saturated rings. The van der Waals surface area contributed by atoms with E-state index < -0.39 is 36.1 Å². The summed E-state index contributed by atoms with van der Waals surface area (Å²) in [5, 5.41) is 15.5. The second-order valence-corrected chi connectivity index (χ2v) is 9.18. The van der Waals surface area contributed by atoms with Gasteiger partial charge in [0.05, 0.1) is 11.1 Å². The number of carboxylic acids is 1. The molecule has 0 aliphatic carbocycles. The molecular weight excluding hydrogens is 515 g/mol. The Kier molecular flexibility index (Phi) is 6.75. The molecule has 4 aromatic carbocycles. The van der Waals surface area contributed by atoms with Gasteiger partial charge in [-0.3, -0.25) is 19.2 Å². The quantitative estimate of drug-likeness (QED) is 0.205. The molecule has 0 bridgehead atoms. The fourth-order valence-electron chi connectivity index (χ4n) is 4.70. The Morgan fingerprint density at radius 1 is 0.900 bits per heavy atom. The lowest BCUT2D eigenvalue weighted by molar-refractivity contribution is -0.135. The summed E-state index contributed by atoms with van der Waals surface area (Å²) in [7, 11) is 0. The van der Waals surface area contributed by atoms with Gasteiger partial charge in [0.2, 0.25) is 0 Å². The average Bonchev–Trinajstić information content (AvgIpc) is 3.31. The summed E-state index contributed by atoms with van der Waals surface area (Å²) in [6, 6.07) is 18.9. The zero-order chi connectivity index (χ0) is 28.6. The van der Waals surface area contributed by atoms with Gasteiger partial charge in [0, 0.05) is 33.1 Å². The van der Waals surface area contributed by atoms with Crippen molar-refractivity contribution in [2.45, 2.75) is 6.92 Å². The number of nitrogens with one attached hydrogen (secondary N) is 3. The van der Waals surface area contributed by atoms with Crippen molar-refractivity contribution in [1.29, 1.82) is 0 Å². The number of hydrogen-bond acceptors (Lipinski definition) is 4. The number of primary amides is 1. The molecule has 5 rings (SSSR count). The normalized spacial score (nSPS) is 10.9. The third-order valence-electron chi connectivity index (χ3n) is 6.66. The van der Waals surface area contributed by atoms with Crippen LogP contribution in [0.15, 0.2) is 72.8 Å². The van der Waals surface area contributed by atoms with E-state index in [2.05, 4.69) is 15.6 Å². The monoisotopic (exact) mass is 538 g/mol. The maximum absolute atomic E-state index is 13.3. The lowest BCUT2D eigenvalue weighted by Crippen LogP contribution is -2.29. The summed E-state index contributed by atoms with van der Waals surface area (Å²) >= 11 is 0. The van der Waals surface area contributed by atoms with E-state index in [1.807, 2.05) is 13.0 Å². The molecule has 6 N–H and O–H groups in total. The molecule has 1 heterocycles. The van der Waals surface area contributed by atoms with Crippen LogP contribution < -0.4 is 16.4 Å². The molecule has 9 nitrogen and oxygen atoms in total. The van der Waals surface area contributed by atoms with E-state index in [0.717, 1.165) is 16.7 Å². The van der Waals surface area contributed by atoms with Gasteiger partial charge in [0.15, 0.2) is 0 Å². The molecule has 0 atom stereocenters. The third-order valence-corrected chi connectivity index (χ3v) is 6.66. The fourth-order valence-corrected chi connectivity index (χ4v) is 4.70. The van der Waals surface area contributed by atoms with Crippen molar-refractivity contribution in [3.63, 3.8) is 0 Å². The zero-order valence-corrected chi connectivity index (χ0v) is 21.2. The van der Waals surface area contributed by atoms with E-state index >= 15 is 0 Å². The Bertz CT molecular complexity index is 1840. The van der Waals surface area contributed by atoms with Crippen LogP contribution in [0.25, 0.3) is 32.9 Å². The number of aromatic nitrogens is 1. The van der Waals surface area contributed by atoms with Crippen molar-refractivity contribution < 1.29 is 28.7 Å². The largest absolute Gasteiger partial charge is 0.480 e. The summed E-state index contributed by atoms with van der Waals surface area (Å²) in [6.45, 7) is 1.33. The molecule has 5 aromatic rings. The van der Waals surface area contributed by atoms with Crippen LogP contribution in [-0.4, -0.2) is 40.3 Å². The van der Waals surface area contributed by atoms with Crippen LogP contribution >= 0.6 is 0 Å². The number of carboxylic acid groups (broad SMARTS) is 1. The summed E-state index contributed by atoms with van der Waals surface area (Å²) in [4.78, 5) is 51.6. The minimum Gasteiger partial charge on any atom is -0.480 e. The van der Waals surface area contributed by atoms with Gasteiger partial charge in [0.1, 0.15) is 12.4 Å². The first-order valence-electron chi connectivity index (χ1n) is 12.2. The lowest BCUT2D eigenvalue weighted by atomic mass is 9.93. The van der Waals surface area contributed by atoms with E-state index in [0.29, 0.717) is 33.1 Å². The average molecular weight is 539 g/mol. The second kappa shape index (κ2) is 10.3. The van der Waals surface area contributed by atoms with Crippen LogP contribution in [-0.2, 0) is 4.79 Å². The standard InChI is InChI=1S/C30H23FN4O5/c1-15-19(3-2-4-23(15)35-30(40)16-5-8-18(31)9-6-16)20-11-12-22(28(32)38)27-26(20)21-10-7-17(13-24(21)34-27)29(39)33-14-25(36)37/h2-13,34H,14H2,1H3,(H2,32,38)(H,33,39)(H,35,40)(H,36,37). The lowest BCUT2D eigenvalue weighted by Gasteiger charge is -2.15. The van der Waals surface area contributed by atoms with Gasteiger partial charge >= 0.3 is 5.97 Å². The predicted octanol–water partition coefficient (Wildman–Crippen LogP) is 4.60. The number of H-pyrrole nitrogens is 1. The summed E-state index contributed by atoms with van der Waals surface area (Å²) in [5.74, 6) is -3.19. The van der Waals surface area contributed by atoms with Gasteiger partial charge in [0.25, 0.3) is 17.7 Å². The number of amides is 3. The van der Waals surface area contributed by atoms with Crippen LogP contribution in [0.1, 0.15) is 36.6 Å². The smallest absolute Gasteiger partial charge is 0.322 e. The molecule has 0 spiro atoms. The Balaban J connectivity index is 1.61. The van der Waals surface area contributed by atoms with Gasteiger partial charge in [-0.05, 0) is 72.1 Å². The van der Waals surface area contributed by atoms with Gasteiger partial charge in [-0.2, -0.15) is 0 Å². The van der Waals surface area contributed by atoms with E-state index in [-0.39, 0.29) is 11.1 Å². The van der Waals surface area contributed by atoms with Crippen molar-refractivity contribution in [2.24, 2.45) is 5.73 Å². The van der Waals surface area contributed by atoms with Gasteiger partial charge in [-0.1, -0.05) is 24.3 Å². The van der Waals surface area contributed by atoms with E-state index in [1.54, 1.807) is 42.5 Å². The SMILES string of the molecule is Cc1c(NC(=O)c2ccc(F)cc2)cccc1-c1ccc(C(N)=O)c2[nH]c3cc(C(=O)NCC(=O)O)ccc3c12. The van der Waals surface area contributed by atoms with Gasteiger partial charge < -0.3 is 26.5 Å². The molecule has 0 unspecified atom stereocenters. The summed E-state index contributed by atoms with van der Waals surface area (Å²) in [5.41, 5.74) is 10.3. The van der Waals surface area contributed by atoms with Crippen LogP contribution in [0.5, 0.6) is 0 Å². The first-order valence-corrected chi connectivity index (χ1v) is 12.2. The molecule has 0 radical (unpaired) electrons. The molecule has 0 saturated carbocycles. The van der Waals surface area contributed by atoms with Crippen molar-refractivity contribution >= 4 is 51.2 Å². The van der Waals surface area contributed by atoms with Gasteiger partial charge in [-0.15, -0.1) is 0 Å². The summed E-state index contributed by atoms with van der Waals surface area (Å²) < 4.78 is 13.3. The van der Waals surface area contributed by atoms with E-state index in [1.165, 1.54) is 24.3 Å². The highest BCUT2D eigenvalue weighted by molar-refractivity contribution is 6.20. The van der Waals surface area contributed by atoms with Crippen LogP contribution in [0.4, 0.5) is 10.1 Å². The number of aliphatic carboxylic acids is 1. The number of aromatic amines is 1. The Hall–Kier alpha value is -5.51. The maximum atomic E-state index is 13.3. The van der Waals surface area contributed by atoms with E-state index in [4.69, 9.17) is 10.8 Å². The van der Waals surface area contributed by atoms with Gasteiger partial charge in [-0.25, -0.2) is 4.39 Å². The molecule has 0 aliphatic rings. The number of benzene rings is 4. The highest BCUT2D eigenvalue weighted by Gasteiger charge is 2.20. The third kappa shape index (κ3) is 4.85. The number of anilines is 1. The van der Waals surface area contributed by atoms with Crippen LogP contribution in [0.2, 0.25) is 0 Å². The Morgan fingerprint density at radius 3 is 2.33 bits per heavy atom. The highest BCUT2D eigenvalue weighted by atomic mass is 19.1. The van der Waals surface area contributed by atoms with Crippen molar-refractivity contribution in [3.8, 4) is 11.1 Å². The molecule has 10 heteroatoms. The van der Waals surface area contributed by atoms with E-state index in [9.17, 15) is 23.6 Å². The number of fused-ring (bicyclic) bond motifs is 3. The predicted molar refractivity (Wildman–Crippen MR) is 149 cm³/mol. The number of rotatable bonds is 7. The molecular formula is C30H23FN4O5. The Labute approximate surface area is 226 Å². The maximum Gasteiger partial charge on any atom is 0.322 e. The first-order chi connectivity index (χ1) is 19.1. The zero-order valence-electron chi connectivity index (χ0n) is 21.2. The summed E-state index contributed by atoms with van der Waals surface area (Å²) in [6.07, 6.45) is 0. The topological polar surface area (TPSA) is 154 Å². The Morgan fingerprint density at radius 2 is 1.62 bits per heavy atom. The second-order valence-electron chi connectivity index (χ2n) is 9.18. The van der Waals surface area contributed by atoms with Crippen molar-refractivity contribution in [3.05, 3.63) is 101 Å². The molecule has 0 aliphatic heterocycles. The first kappa shape index (κ1) is 26.1. The van der Waals surface area contributed by atoms with Crippen molar-refractivity contribution in [2.75, 3.05) is 11.9 Å². The minimum atomic E-state index is -1.16. The number of hydrogen-bond donors (Lipinski definition) is 5. The number of carbonyl (C=O) groups is 4. The van der Waals surface area contributed by atoms with Crippen LogP contribution in [0, 0.1) is 12.7 Å². The molecule has 0 saturated heterocycles. The molecule has 1 aromatic heterocycles. The minimum absolute atomic E-state index is 0.240. The number of nitrogens with two attached hydrogens (primary N) is 1. The molecule has 40 heavy (non-hydrogen) atoms. The molecule has 3 amide bonds. The fraction of sp³-hybridized carbons (Fsp3) is 0.0667. The number of halogens is 1. The highest BCUT2D eigenvalue weighted by Crippen LogP contribution is 2.39.